The number of rotatable bonds is 8. The third-order valence-electron chi connectivity index (χ3n) is 4.87. The van der Waals surface area contributed by atoms with E-state index >= 15 is 0 Å². The summed E-state index contributed by atoms with van der Waals surface area (Å²) < 4.78 is 0. The van der Waals surface area contributed by atoms with Gasteiger partial charge >= 0.3 is 0 Å². The van der Waals surface area contributed by atoms with Crippen LogP contribution in [0.1, 0.15) is 35.3 Å². The fraction of sp³-hybridized carbons (Fsp3) is 0.261. The van der Waals surface area contributed by atoms with Gasteiger partial charge in [-0.3, -0.25) is 4.79 Å². The second-order valence-electron chi connectivity index (χ2n) is 6.75. The van der Waals surface area contributed by atoms with Crippen LogP contribution in [0.5, 0.6) is 0 Å². The zero-order valence-corrected chi connectivity index (χ0v) is 17.1. The number of hydrogen-bond acceptors (Lipinski definition) is 5. The zero-order chi connectivity index (χ0) is 20.6. The molecule has 0 unspecified atom stereocenters. The number of benzene rings is 2. The quantitative estimate of drug-likeness (QED) is 0.594. The summed E-state index contributed by atoms with van der Waals surface area (Å²) in [6.07, 6.45) is 3.07. The summed E-state index contributed by atoms with van der Waals surface area (Å²) in [6, 6.07) is 16.0. The molecule has 1 amide bonds. The van der Waals surface area contributed by atoms with Crippen molar-refractivity contribution in [1.29, 1.82) is 0 Å². The number of nitrogens with one attached hydrogen (secondary N) is 2. The molecule has 6 nitrogen and oxygen atoms in total. The number of aryl methyl sites for hydroxylation is 1. The molecule has 0 saturated carbocycles. The van der Waals surface area contributed by atoms with Crippen LogP contribution in [0.25, 0.3) is 0 Å². The Morgan fingerprint density at radius 2 is 1.62 bits per heavy atom. The molecule has 0 bridgehead atoms. The van der Waals surface area contributed by atoms with E-state index in [9.17, 15) is 4.79 Å². The van der Waals surface area contributed by atoms with Crippen molar-refractivity contribution < 1.29 is 4.79 Å². The Morgan fingerprint density at radius 3 is 2.24 bits per heavy atom. The number of carbonyl (C=O) groups is 1. The van der Waals surface area contributed by atoms with Crippen molar-refractivity contribution in [2.45, 2.75) is 27.3 Å². The Balaban J connectivity index is 1.58. The highest BCUT2D eigenvalue weighted by Gasteiger charge is 2.09. The molecule has 1 heterocycles. The fourth-order valence-corrected chi connectivity index (χ4v) is 3.07. The molecule has 0 aliphatic rings. The van der Waals surface area contributed by atoms with Gasteiger partial charge in [-0.1, -0.05) is 24.3 Å². The van der Waals surface area contributed by atoms with E-state index in [0.717, 1.165) is 24.5 Å². The summed E-state index contributed by atoms with van der Waals surface area (Å²) >= 11 is 0. The van der Waals surface area contributed by atoms with Gasteiger partial charge in [0.15, 0.2) is 0 Å². The van der Waals surface area contributed by atoms with Gasteiger partial charge < -0.3 is 15.5 Å². The second kappa shape index (κ2) is 9.68. The highest BCUT2D eigenvalue weighted by atomic mass is 16.1. The van der Waals surface area contributed by atoms with Crippen LogP contribution in [0, 0.1) is 6.92 Å². The average molecular weight is 390 g/mol. The lowest BCUT2D eigenvalue weighted by Gasteiger charge is -2.21. The first-order chi connectivity index (χ1) is 14.1. The molecule has 0 aliphatic carbocycles. The van der Waals surface area contributed by atoms with Gasteiger partial charge in [0.2, 0.25) is 5.95 Å². The van der Waals surface area contributed by atoms with Crippen molar-refractivity contribution in [3.8, 4) is 0 Å². The van der Waals surface area contributed by atoms with E-state index in [1.54, 1.807) is 0 Å². The molecule has 0 aliphatic heterocycles. The monoisotopic (exact) mass is 389 g/mol. The standard InChI is InChI=1S/C23H27N5O/c1-4-28(5-2)21-12-10-20(11-13-21)27-22(29)19-15-25-23(26-16-19)24-14-18-9-7-6-8-17(18)3/h6-13,15-16H,4-5,14H2,1-3H3,(H,27,29)(H,24,25,26). The maximum Gasteiger partial charge on any atom is 0.258 e. The van der Waals surface area contributed by atoms with Gasteiger partial charge in [-0.2, -0.15) is 0 Å². The van der Waals surface area contributed by atoms with Gasteiger partial charge in [-0.25, -0.2) is 9.97 Å². The summed E-state index contributed by atoms with van der Waals surface area (Å²) in [5.74, 6) is 0.263. The summed E-state index contributed by atoms with van der Waals surface area (Å²) in [5.41, 5.74) is 4.70. The minimum absolute atomic E-state index is 0.231. The molecule has 3 aromatic rings. The number of carbonyl (C=O) groups excluding carboxylic acids is 1. The second-order valence-corrected chi connectivity index (χ2v) is 6.75. The first-order valence-corrected chi connectivity index (χ1v) is 9.87. The average Bonchev–Trinajstić information content (AvgIpc) is 2.75. The molecule has 0 atom stereocenters. The molecule has 150 valence electrons. The third-order valence-corrected chi connectivity index (χ3v) is 4.87. The molecular formula is C23H27N5O. The number of hydrogen-bond donors (Lipinski definition) is 2. The first kappa shape index (κ1) is 20.3. The van der Waals surface area contributed by atoms with Gasteiger partial charge in [0.05, 0.1) is 5.56 Å². The van der Waals surface area contributed by atoms with Crippen LogP contribution in [-0.4, -0.2) is 29.0 Å². The lowest BCUT2D eigenvalue weighted by molar-refractivity contribution is 0.102. The van der Waals surface area contributed by atoms with E-state index in [1.807, 2.05) is 36.4 Å². The van der Waals surface area contributed by atoms with Crippen LogP contribution < -0.4 is 15.5 Å². The van der Waals surface area contributed by atoms with Crippen molar-refractivity contribution in [2.24, 2.45) is 0 Å². The Kier molecular flexibility index (Phi) is 6.79. The van der Waals surface area contributed by atoms with Crippen LogP contribution in [0.2, 0.25) is 0 Å². The zero-order valence-electron chi connectivity index (χ0n) is 17.1. The molecule has 2 aromatic carbocycles. The summed E-state index contributed by atoms with van der Waals surface area (Å²) in [5, 5.41) is 6.07. The Hall–Kier alpha value is -3.41. The van der Waals surface area contributed by atoms with E-state index in [4.69, 9.17) is 0 Å². The molecule has 0 radical (unpaired) electrons. The van der Waals surface area contributed by atoms with Gasteiger partial charge in [-0.05, 0) is 56.2 Å². The van der Waals surface area contributed by atoms with Crippen molar-refractivity contribution in [2.75, 3.05) is 28.6 Å². The van der Waals surface area contributed by atoms with Crippen LogP contribution in [0.15, 0.2) is 60.9 Å². The Bertz CT molecular complexity index is 934. The van der Waals surface area contributed by atoms with Gasteiger partial charge in [0.1, 0.15) is 0 Å². The minimum atomic E-state index is -0.231. The molecular weight excluding hydrogens is 362 g/mol. The lowest BCUT2D eigenvalue weighted by Crippen LogP contribution is -2.21. The summed E-state index contributed by atoms with van der Waals surface area (Å²) in [6.45, 7) is 8.85. The maximum absolute atomic E-state index is 12.5. The first-order valence-electron chi connectivity index (χ1n) is 9.87. The van der Waals surface area contributed by atoms with E-state index in [-0.39, 0.29) is 5.91 Å². The van der Waals surface area contributed by atoms with Gasteiger partial charge in [0.25, 0.3) is 5.91 Å². The smallest absolute Gasteiger partial charge is 0.258 e. The minimum Gasteiger partial charge on any atom is -0.372 e. The van der Waals surface area contributed by atoms with Crippen molar-refractivity contribution >= 4 is 23.2 Å². The topological polar surface area (TPSA) is 70.2 Å². The summed E-state index contributed by atoms with van der Waals surface area (Å²) in [7, 11) is 0. The number of anilines is 3. The molecule has 6 heteroatoms. The van der Waals surface area contributed by atoms with E-state index in [1.165, 1.54) is 23.5 Å². The molecule has 0 saturated heterocycles. The lowest BCUT2D eigenvalue weighted by atomic mass is 10.1. The maximum atomic E-state index is 12.5. The van der Waals surface area contributed by atoms with Crippen LogP contribution in [0.3, 0.4) is 0 Å². The predicted molar refractivity (Wildman–Crippen MR) is 118 cm³/mol. The Labute approximate surface area is 172 Å². The van der Waals surface area contributed by atoms with E-state index < -0.39 is 0 Å². The molecule has 3 rings (SSSR count). The molecule has 0 fully saturated rings. The molecule has 2 N–H and O–H groups in total. The predicted octanol–water partition coefficient (Wildman–Crippen LogP) is 4.50. The summed E-state index contributed by atoms with van der Waals surface area (Å²) in [4.78, 5) is 23.2. The number of amides is 1. The molecule has 29 heavy (non-hydrogen) atoms. The number of nitrogens with zero attached hydrogens (tertiary/aromatic N) is 3. The SMILES string of the molecule is CCN(CC)c1ccc(NC(=O)c2cnc(NCc3ccccc3C)nc2)cc1. The third kappa shape index (κ3) is 5.31. The van der Waals surface area contributed by atoms with Crippen molar-refractivity contribution in [3.05, 3.63) is 77.6 Å². The molecule has 1 aromatic heterocycles. The highest BCUT2D eigenvalue weighted by molar-refractivity contribution is 6.03. The molecule has 0 spiro atoms. The number of aromatic nitrogens is 2. The highest BCUT2D eigenvalue weighted by Crippen LogP contribution is 2.18. The van der Waals surface area contributed by atoms with Crippen LogP contribution in [-0.2, 0) is 6.54 Å². The van der Waals surface area contributed by atoms with E-state index in [2.05, 4.69) is 58.4 Å². The van der Waals surface area contributed by atoms with Crippen molar-refractivity contribution in [3.63, 3.8) is 0 Å². The van der Waals surface area contributed by atoms with Crippen LogP contribution in [0.4, 0.5) is 17.3 Å². The van der Waals surface area contributed by atoms with E-state index in [0.29, 0.717) is 18.1 Å². The largest absolute Gasteiger partial charge is 0.372 e. The van der Waals surface area contributed by atoms with Crippen molar-refractivity contribution in [1.82, 2.24) is 9.97 Å². The fourth-order valence-electron chi connectivity index (χ4n) is 3.07. The normalized spacial score (nSPS) is 10.4. The van der Waals surface area contributed by atoms with Gasteiger partial charge in [0, 0.05) is 43.4 Å². The van der Waals surface area contributed by atoms with Crippen LogP contribution >= 0.6 is 0 Å². The van der Waals surface area contributed by atoms with Gasteiger partial charge in [-0.15, -0.1) is 0 Å². The Morgan fingerprint density at radius 1 is 0.966 bits per heavy atom.